The number of aliphatic hydroxyl groups is 1. The summed E-state index contributed by atoms with van der Waals surface area (Å²) in [5, 5.41) is 15.7. The molecule has 0 bridgehead atoms. The van der Waals surface area contributed by atoms with Gasteiger partial charge in [-0.1, -0.05) is 12.8 Å². The average molecular weight is 318 g/mol. The Hall–Kier alpha value is -2.28. The zero-order valence-electron chi connectivity index (χ0n) is 13.4. The lowest BCUT2D eigenvalue weighted by Crippen LogP contribution is -2.42. The Morgan fingerprint density at radius 3 is 2.83 bits per heavy atom. The van der Waals surface area contributed by atoms with Crippen LogP contribution in [0.25, 0.3) is 11.1 Å². The van der Waals surface area contributed by atoms with Crippen LogP contribution < -0.4 is 15.5 Å². The van der Waals surface area contributed by atoms with Gasteiger partial charge in [-0.2, -0.15) is 4.98 Å². The summed E-state index contributed by atoms with van der Waals surface area (Å²) < 4.78 is 5.57. The molecule has 23 heavy (non-hydrogen) atoms. The van der Waals surface area contributed by atoms with Gasteiger partial charge in [-0.15, -0.1) is 0 Å². The van der Waals surface area contributed by atoms with Gasteiger partial charge in [0.25, 0.3) is 6.01 Å². The molecule has 3 rings (SSSR count). The number of anilines is 2. The Kier molecular flexibility index (Phi) is 4.12. The average Bonchev–Trinajstić information content (AvgIpc) is 3.12. The summed E-state index contributed by atoms with van der Waals surface area (Å²) in [6, 6.07) is 5.48. The number of aromatic nitrogens is 1. The van der Waals surface area contributed by atoms with Crippen molar-refractivity contribution in [2.75, 3.05) is 30.9 Å². The quantitative estimate of drug-likeness (QED) is 0.805. The lowest BCUT2D eigenvalue weighted by molar-refractivity contribution is 0.0506. The number of hydrogen-bond donors (Lipinski definition) is 3. The van der Waals surface area contributed by atoms with Gasteiger partial charge in [0, 0.05) is 26.3 Å². The van der Waals surface area contributed by atoms with Crippen LogP contribution in [0.1, 0.15) is 25.7 Å². The summed E-state index contributed by atoms with van der Waals surface area (Å²) in [5.74, 6) is 0. The van der Waals surface area contributed by atoms with Crippen molar-refractivity contribution in [1.29, 1.82) is 0 Å². The van der Waals surface area contributed by atoms with Crippen LogP contribution in [0.15, 0.2) is 22.6 Å². The molecule has 1 saturated carbocycles. The van der Waals surface area contributed by atoms with E-state index in [1.807, 2.05) is 14.1 Å². The minimum atomic E-state index is -0.756. The maximum absolute atomic E-state index is 12.0. The number of carbonyl (C=O) groups excluding carboxylic acids is 1. The second-order valence-electron chi connectivity index (χ2n) is 6.31. The van der Waals surface area contributed by atoms with E-state index in [4.69, 9.17) is 4.42 Å². The molecule has 0 saturated heterocycles. The summed E-state index contributed by atoms with van der Waals surface area (Å²) in [6.07, 6.45) is 3.50. The monoisotopic (exact) mass is 318 g/mol. The van der Waals surface area contributed by atoms with E-state index in [1.54, 1.807) is 23.1 Å². The molecule has 0 unspecified atom stereocenters. The predicted molar refractivity (Wildman–Crippen MR) is 88.8 cm³/mol. The van der Waals surface area contributed by atoms with Crippen LogP contribution in [0, 0.1) is 0 Å². The van der Waals surface area contributed by atoms with E-state index in [0.717, 1.165) is 25.7 Å². The van der Waals surface area contributed by atoms with Crippen LogP contribution >= 0.6 is 0 Å². The smallest absolute Gasteiger partial charge is 0.319 e. The number of benzene rings is 1. The summed E-state index contributed by atoms with van der Waals surface area (Å²) >= 11 is 0. The largest absolute Gasteiger partial charge is 0.423 e. The Labute approximate surface area is 134 Å². The molecular formula is C16H22N4O3. The third kappa shape index (κ3) is 3.56. The highest BCUT2D eigenvalue weighted by molar-refractivity contribution is 5.91. The summed E-state index contributed by atoms with van der Waals surface area (Å²) in [7, 11) is 3.70. The van der Waals surface area contributed by atoms with Crippen molar-refractivity contribution < 1.29 is 14.3 Å². The first-order chi connectivity index (χ1) is 11.0. The standard InChI is InChI=1S/C16H22N4O3/c1-20(2)15-19-12-9-11(5-6-13(12)23-15)18-14(21)17-10-16(22)7-3-4-8-16/h5-6,9,22H,3-4,7-8,10H2,1-2H3,(H2,17,18,21). The van der Waals surface area contributed by atoms with Crippen molar-refractivity contribution >= 4 is 28.8 Å². The topological polar surface area (TPSA) is 90.6 Å². The molecule has 1 aromatic carbocycles. The van der Waals surface area contributed by atoms with Crippen LogP contribution in [0.3, 0.4) is 0 Å². The molecule has 1 heterocycles. The first kappa shape index (κ1) is 15.6. The zero-order valence-corrected chi connectivity index (χ0v) is 13.4. The molecule has 0 atom stereocenters. The minimum Gasteiger partial charge on any atom is -0.423 e. The number of fused-ring (bicyclic) bond motifs is 1. The SMILES string of the molecule is CN(C)c1nc2cc(NC(=O)NCC3(O)CCCC3)ccc2o1. The van der Waals surface area contributed by atoms with E-state index in [-0.39, 0.29) is 12.6 Å². The molecule has 0 spiro atoms. The molecule has 1 fully saturated rings. The second-order valence-corrected chi connectivity index (χ2v) is 6.31. The Morgan fingerprint density at radius 2 is 2.13 bits per heavy atom. The number of amides is 2. The molecule has 1 aliphatic carbocycles. The molecule has 124 valence electrons. The van der Waals surface area contributed by atoms with Gasteiger partial charge in [-0.3, -0.25) is 0 Å². The third-order valence-corrected chi connectivity index (χ3v) is 4.13. The van der Waals surface area contributed by atoms with Crippen LogP contribution in [0.5, 0.6) is 0 Å². The summed E-state index contributed by atoms with van der Waals surface area (Å²) in [5.41, 5.74) is 1.22. The van der Waals surface area contributed by atoms with E-state index < -0.39 is 5.60 Å². The fraction of sp³-hybridized carbons (Fsp3) is 0.500. The molecule has 7 nitrogen and oxygen atoms in total. The third-order valence-electron chi connectivity index (χ3n) is 4.13. The number of rotatable bonds is 4. The highest BCUT2D eigenvalue weighted by Gasteiger charge is 2.31. The Morgan fingerprint density at radius 1 is 1.39 bits per heavy atom. The summed E-state index contributed by atoms with van der Waals surface area (Å²) in [4.78, 5) is 18.1. The van der Waals surface area contributed by atoms with Gasteiger partial charge in [-0.05, 0) is 31.0 Å². The number of carbonyl (C=O) groups is 1. The van der Waals surface area contributed by atoms with E-state index in [1.165, 1.54) is 0 Å². The second kappa shape index (κ2) is 6.08. The fourth-order valence-electron chi connectivity index (χ4n) is 2.81. The van der Waals surface area contributed by atoms with Gasteiger partial charge < -0.3 is 25.1 Å². The van der Waals surface area contributed by atoms with E-state index >= 15 is 0 Å². The lowest BCUT2D eigenvalue weighted by Gasteiger charge is -2.22. The van der Waals surface area contributed by atoms with Crippen LogP contribution in [-0.4, -0.2) is 42.4 Å². The Bertz CT molecular complexity index is 704. The van der Waals surface area contributed by atoms with Crippen molar-refractivity contribution in [2.24, 2.45) is 0 Å². The van der Waals surface area contributed by atoms with Crippen molar-refractivity contribution in [3.8, 4) is 0 Å². The molecule has 1 aromatic heterocycles. The van der Waals surface area contributed by atoms with Gasteiger partial charge in [0.15, 0.2) is 5.58 Å². The van der Waals surface area contributed by atoms with Gasteiger partial charge in [0.2, 0.25) is 0 Å². The van der Waals surface area contributed by atoms with Crippen molar-refractivity contribution in [3.05, 3.63) is 18.2 Å². The fourth-order valence-corrected chi connectivity index (χ4v) is 2.81. The molecule has 1 aliphatic rings. The molecular weight excluding hydrogens is 296 g/mol. The number of oxazole rings is 1. The van der Waals surface area contributed by atoms with Gasteiger partial charge >= 0.3 is 6.03 Å². The maximum atomic E-state index is 12.0. The van der Waals surface area contributed by atoms with Crippen molar-refractivity contribution in [3.63, 3.8) is 0 Å². The molecule has 7 heteroatoms. The predicted octanol–water partition coefficient (Wildman–Crippen LogP) is 2.32. The lowest BCUT2D eigenvalue weighted by atomic mass is 10.0. The number of nitrogens with zero attached hydrogens (tertiary/aromatic N) is 2. The summed E-state index contributed by atoms with van der Waals surface area (Å²) in [6.45, 7) is 0.274. The molecule has 3 N–H and O–H groups in total. The molecule has 0 radical (unpaired) electrons. The first-order valence-corrected chi connectivity index (χ1v) is 7.80. The van der Waals surface area contributed by atoms with Crippen LogP contribution in [-0.2, 0) is 0 Å². The van der Waals surface area contributed by atoms with E-state index in [0.29, 0.717) is 22.8 Å². The van der Waals surface area contributed by atoms with Gasteiger partial charge in [0.1, 0.15) is 5.52 Å². The Balaban J connectivity index is 1.62. The number of urea groups is 1. The van der Waals surface area contributed by atoms with Crippen molar-refractivity contribution in [1.82, 2.24) is 10.3 Å². The molecule has 2 aromatic rings. The van der Waals surface area contributed by atoms with E-state index in [2.05, 4.69) is 15.6 Å². The number of nitrogens with one attached hydrogen (secondary N) is 2. The number of hydrogen-bond acceptors (Lipinski definition) is 5. The zero-order chi connectivity index (χ0) is 16.4. The molecule has 2 amide bonds. The van der Waals surface area contributed by atoms with Crippen LogP contribution in [0.4, 0.5) is 16.5 Å². The molecule has 0 aliphatic heterocycles. The maximum Gasteiger partial charge on any atom is 0.319 e. The van der Waals surface area contributed by atoms with Gasteiger partial charge in [-0.25, -0.2) is 4.79 Å². The van der Waals surface area contributed by atoms with Crippen molar-refractivity contribution in [2.45, 2.75) is 31.3 Å². The first-order valence-electron chi connectivity index (χ1n) is 7.80. The highest BCUT2D eigenvalue weighted by Crippen LogP contribution is 2.28. The van der Waals surface area contributed by atoms with Gasteiger partial charge in [0.05, 0.1) is 5.60 Å². The van der Waals surface area contributed by atoms with E-state index in [9.17, 15) is 9.90 Å². The van der Waals surface area contributed by atoms with Crippen LogP contribution in [0.2, 0.25) is 0 Å². The highest BCUT2D eigenvalue weighted by atomic mass is 16.4. The minimum absolute atomic E-state index is 0.274. The normalized spacial score (nSPS) is 16.5.